The first-order valence-corrected chi connectivity index (χ1v) is 9.28. The molecule has 0 aliphatic carbocycles. The molecule has 1 unspecified atom stereocenters. The fourth-order valence-corrected chi connectivity index (χ4v) is 3.97. The molecule has 2 amide bonds. The number of rotatable bonds is 5. The van der Waals surface area contributed by atoms with Gasteiger partial charge in [0.2, 0.25) is 11.8 Å². The lowest BCUT2D eigenvalue weighted by atomic mass is 9.78. The molecule has 0 aromatic rings. The third-order valence-corrected chi connectivity index (χ3v) is 5.15. The average Bonchev–Trinajstić information content (AvgIpc) is 2.54. The van der Waals surface area contributed by atoms with Crippen LogP contribution < -0.4 is 5.32 Å². The van der Waals surface area contributed by atoms with E-state index in [1.807, 2.05) is 0 Å². The predicted octanol–water partition coefficient (Wildman–Crippen LogP) is 2.62. The molecule has 0 bridgehead atoms. The number of hydrogen-bond acceptors (Lipinski definition) is 3. The Hall–Kier alpha value is -0.860. The van der Waals surface area contributed by atoms with Gasteiger partial charge >= 0.3 is 0 Å². The van der Waals surface area contributed by atoms with Gasteiger partial charge in [-0.2, -0.15) is 0 Å². The van der Waals surface area contributed by atoms with Gasteiger partial charge in [0.1, 0.15) is 0 Å². The normalized spacial score (nSPS) is 25.0. The van der Waals surface area contributed by atoms with Crippen molar-refractivity contribution in [1.29, 1.82) is 0 Å². The van der Waals surface area contributed by atoms with Crippen LogP contribution in [0.1, 0.15) is 58.8 Å². The van der Waals surface area contributed by atoms with E-state index in [2.05, 4.69) is 29.1 Å². The van der Waals surface area contributed by atoms with E-state index in [9.17, 15) is 9.59 Å². The number of guanidine groups is 1. The monoisotopic (exact) mass is 464 g/mol. The number of likely N-dealkylation sites (tertiary alicyclic amines) is 2. The van der Waals surface area contributed by atoms with Gasteiger partial charge in [0.25, 0.3) is 0 Å². The van der Waals surface area contributed by atoms with E-state index in [0.717, 1.165) is 19.0 Å². The predicted molar refractivity (Wildman–Crippen MR) is 111 cm³/mol. The van der Waals surface area contributed by atoms with Gasteiger partial charge in [-0.25, -0.2) is 0 Å². The van der Waals surface area contributed by atoms with Crippen LogP contribution in [0, 0.1) is 5.41 Å². The van der Waals surface area contributed by atoms with Crippen molar-refractivity contribution in [2.24, 2.45) is 10.4 Å². The summed E-state index contributed by atoms with van der Waals surface area (Å²) in [6.45, 7) is 7.62. The summed E-state index contributed by atoms with van der Waals surface area (Å²) in [4.78, 5) is 31.8. The van der Waals surface area contributed by atoms with Gasteiger partial charge in [-0.05, 0) is 31.1 Å². The highest BCUT2D eigenvalue weighted by Gasteiger charge is 2.31. The highest BCUT2D eigenvalue weighted by Crippen LogP contribution is 2.33. The largest absolute Gasteiger partial charge is 0.354 e. The van der Waals surface area contributed by atoms with Crippen LogP contribution in [0.2, 0.25) is 0 Å². The molecule has 6 nitrogen and oxygen atoms in total. The number of hydrogen-bond donors (Lipinski definition) is 1. The maximum Gasteiger partial charge on any atom is 0.229 e. The zero-order valence-electron chi connectivity index (χ0n) is 15.8. The second kappa shape index (κ2) is 10.3. The van der Waals surface area contributed by atoms with Crippen LogP contribution in [0.4, 0.5) is 0 Å². The van der Waals surface area contributed by atoms with Crippen molar-refractivity contribution < 1.29 is 9.59 Å². The topological polar surface area (TPSA) is 65.0 Å². The third kappa shape index (κ3) is 6.11. The molecule has 144 valence electrons. The maximum atomic E-state index is 11.8. The number of amides is 2. The number of carbonyl (C=O) groups is 2. The molecule has 2 fully saturated rings. The SMILES string of the molecule is CCCC1(C)CCCN(C(=NC)NCCN2C(=O)CCCC2=O)C1.I. The molecule has 2 heterocycles. The van der Waals surface area contributed by atoms with Crippen LogP contribution in [0.15, 0.2) is 4.99 Å². The van der Waals surface area contributed by atoms with Crippen LogP contribution in [0.25, 0.3) is 0 Å². The highest BCUT2D eigenvalue weighted by atomic mass is 127. The number of nitrogens with zero attached hydrogens (tertiary/aromatic N) is 3. The highest BCUT2D eigenvalue weighted by molar-refractivity contribution is 14.0. The number of piperidine rings is 2. The smallest absolute Gasteiger partial charge is 0.229 e. The van der Waals surface area contributed by atoms with Gasteiger partial charge in [-0.1, -0.05) is 20.3 Å². The Balaban J connectivity index is 0.00000312. The van der Waals surface area contributed by atoms with Crippen LogP contribution in [-0.2, 0) is 9.59 Å². The molecule has 1 atom stereocenters. The van der Waals surface area contributed by atoms with Crippen molar-refractivity contribution in [1.82, 2.24) is 15.1 Å². The summed E-state index contributed by atoms with van der Waals surface area (Å²) < 4.78 is 0. The number of aliphatic imine (C=N–C) groups is 1. The lowest BCUT2D eigenvalue weighted by molar-refractivity contribution is -0.147. The van der Waals surface area contributed by atoms with Crippen molar-refractivity contribution >= 4 is 41.8 Å². The second-order valence-electron chi connectivity index (χ2n) is 7.35. The summed E-state index contributed by atoms with van der Waals surface area (Å²) in [5, 5.41) is 3.34. The standard InChI is InChI=1S/C18H32N4O2.HI/c1-4-9-18(2)10-6-12-21(14-18)17(19-3)20-11-13-22-15(23)7-5-8-16(22)24;/h4-14H2,1-3H3,(H,19,20);1H. The number of nitrogens with one attached hydrogen (secondary N) is 1. The lowest BCUT2D eigenvalue weighted by Crippen LogP contribution is -2.51. The van der Waals surface area contributed by atoms with E-state index in [-0.39, 0.29) is 35.8 Å². The van der Waals surface area contributed by atoms with Gasteiger partial charge in [-0.3, -0.25) is 19.5 Å². The minimum absolute atomic E-state index is 0. The van der Waals surface area contributed by atoms with Gasteiger partial charge in [0.15, 0.2) is 5.96 Å². The summed E-state index contributed by atoms with van der Waals surface area (Å²) in [5.41, 5.74) is 0.351. The Morgan fingerprint density at radius 2 is 1.92 bits per heavy atom. The first-order chi connectivity index (χ1) is 11.5. The molecule has 2 saturated heterocycles. The molecule has 0 spiro atoms. The van der Waals surface area contributed by atoms with E-state index in [1.165, 1.54) is 30.6 Å². The molecule has 0 saturated carbocycles. The molecule has 0 radical (unpaired) electrons. The number of halogens is 1. The summed E-state index contributed by atoms with van der Waals surface area (Å²) in [5.74, 6) is 0.794. The van der Waals surface area contributed by atoms with Crippen molar-refractivity contribution in [3.05, 3.63) is 0 Å². The van der Waals surface area contributed by atoms with Crippen LogP contribution in [0.3, 0.4) is 0 Å². The number of imide groups is 1. The van der Waals surface area contributed by atoms with E-state index in [1.54, 1.807) is 7.05 Å². The Bertz CT molecular complexity index is 477. The molecule has 25 heavy (non-hydrogen) atoms. The Morgan fingerprint density at radius 3 is 2.52 bits per heavy atom. The van der Waals surface area contributed by atoms with Gasteiger partial charge < -0.3 is 10.2 Å². The van der Waals surface area contributed by atoms with Gasteiger partial charge in [-0.15, -0.1) is 24.0 Å². The van der Waals surface area contributed by atoms with Crippen molar-refractivity contribution in [3.63, 3.8) is 0 Å². The summed E-state index contributed by atoms with van der Waals surface area (Å²) in [6.07, 6.45) is 6.55. The molecule has 2 rings (SSSR count). The van der Waals surface area contributed by atoms with Gasteiger partial charge in [0, 0.05) is 46.1 Å². The fraction of sp³-hybridized carbons (Fsp3) is 0.833. The zero-order valence-corrected chi connectivity index (χ0v) is 18.2. The van der Waals surface area contributed by atoms with Crippen molar-refractivity contribution in [2.45, 2.75) is 58.8 Å². The Kier molecular flexibility index (Phi) is 9.16. The lowest BCUT2D eigenvalue weighted by Gasteiger charge is -2.42. The summed E-state index contributed by atoms with van der Waals surface area (Å²) in [7, 11) is 1.80. The Labute approximate surface area is 168 Å². The first-order valence-electron chi connectivity index (χ1n) is 9.28. The Morgan fingerprint density at radius 1 is 1.24 bits per heavy atom. The van der Waals surface area contributed by atoms with Gasteiger partial charge in [0.05, 0.1) is 0 Å². The minimum atomic E-state index is -0.0449. The molecule has 1 N–H and O–H groups in total. The van der Waals surface area contributed by atoms with Crippen molar-refractivity contribution in [3.8, 4) is 0 Å². The van der Waals surface area contributed by atoms with Crippen LogP contribution in [-0.4, -0.2) is 60.8 Å². The number of carbonyl (C=O) groups excluding carboxylic acids is 2. The van der Waals surface area contributed by atoms with E-state index >= 15 is 0 Å². The van der Waals surface area contributed by atoms with E-state index in [0.29, 0.717) is 37.8 Å². The fourth-order valence-electron chi connectivity index (χ4n) is 3.97. The summed E-state index contributed by atoms with van der Waals surface area (Å²) in [6, 6.07) is 0. The van der Waals surface area contributed by atoms with E-state index < -0.39 is 0 Å². The molecule has 0 aromatic carbocycles. The molecular formula is C18H33IN4O2. The third-order valence-electron chi connectivity index (χ3n) is 5.15. The van der Waals surface area contributed by atoms with E-state index in [4.69, 9.17) is 0 Å². The maximum absolute atomic E-state index is 11.8. The molecule has 2 aliphatic heterocycles. The molecule has 7 heteroatoms. The molecular weight excluding hydrogens is 431 g/mol. The minimum Gasteiger partial charge on any atom is -0.354 e. The molecule has 2 aliphatic rings. The first kappa shape index (κ1) is 22.2. The second-order valence-corrected chi connectivity index (χ2v) is 7.35. The van der Waals surface area contributed by atoms with Crippen molar-refractivity contribution in [2.75, 3.05) is 33.2 Å². The quantitative estimate of drug-likeness (QED) is 0.294. The molecule has 0 aromatic heterocycles. The summed E-state index contributed by atoms with van der Waals surface area (Å²) >= 11 is 0. The zero-order chi connectivity index (χ0) is 17.6. The van der Waals surface area contributed by atoms with Crippen LogP contribution in [0.5, 0.6) is 0 Å². The van der Waals surface area contributed by atoms with Crippen LogP contribution >= 0.6 is 24.0 Å². The average molecular weight is 464 g/mol.